The molecule has 0 unspecified atom stereocenters. The number of carbonyl (C=O) groups excluding carboxylic acids is 1. The van der Waals surface area contributed by atoms with Gasteiger partial charge in [-0.25, -0.2) is 0 Å². The number of carbonyl (C=O) groups is 1. The molecule has 1 aliphatic rings. The van der Waals surface area contributed by atoms with Gasteiger partial charge in [0.2, 0.25) is 0 Å². The van der Waals surface area contributed by atoms with Gasteiger partial charge in [0.15, 0.2) is 5.69 Å². The Morgan fingerprint density at radius 1 is 1.31 bits per heavy atom. The standard InChI is InChI=1S/C20H27N3O3/c1-14(2)12-18-13-19(22-26-18)20(24)21-15-4-6-16(7-5-15)25-17-8-10-23(3)11-9-17/h4-7,13-14,17H,8-12H2,1-3H3,(H,21,24). The number of likely N-dealkylation sites (tertiary alicyclic amines) is 1. The SMILES string of the molecule is CC(C)Cc1cc(C(=O)Nc2ccc(OC3CCN(C)CC3)cc2)no1. The zero-order chi connectivity index (χ0) is 18.5. The van der Waals surface area contributed by atoms with Crippen molar-refractivity contribution in [2.24, 2.45) is 5.92 Å². The lowest BCUT2D eigenvalue weighted by Gasteiger charge is -2.29. The minimum atomic E-state index is -0.271. The zero-order valence-electron chi connectivity index (χ0n) is 15.7. The molecule has 0 saturated carbocycles. The molecule has 2 heterocycles. The molecule has 0 radical (unpaired) electrons. The van der Waals surface area contributed by atoms with Gasteiger partial charge in [-0.3, -0.25) is 4.79 Å². The van der Waals surface area contributed by atoms with Crippen LogP contribution in [0.4, 0.5) is 5.69 Å². The van der Waals surface area contributed by atoms with Crippen molar-refractivity contribution in [3.05, 3.63) is 41.8 Å². The molecular formula is C20H27N3O3. The van der Waals surface area contributed by atoms with E-state index in [9.17, 15) is 4.79 Å². The van der Waals surface area contributed by atoms with Gasteiger partial charge in [0.1, 0.15) is 17.6 Å². The number of nitrogens with one attached hydrogen (secondary N) is 1. The summed E-state index contributed by atoms with van der Waals surface area (Å²) >= 11 is 0. The van der Waals surface area contributed by atoms with Crippen LogP contribution in [0.1, 0.15) is 42.9 Å². The first-order valence-corrected chi connectivity index (χ1v) is 9.22. The van der Waals surface area contributed by atoms with Gasteiger partial charge in [-0.2, -0.15) is 0 Å². The third-order valence-corrected chi connectivity index (χ3v) is 4.48. The summed E-state index contributed by atoms with van der Waals surface area (Å²) in [6.45, 7) is 6.32. The van der Waals surface area contributed by atoms with E-state index in [2.05, 4.69) is 36.3 Å². The zero-order valence-corrected chi connectivity index (χ0v) is 15.7. The molecule has 1 amide bonds. The molecule has 0 spiro atoms. The Labute approximate surface area is 154 Å². The average molecular weight is 357 g/mol. The molecule has 6 nitrogen and oxygen atoms in total. The van der Waals surface area contributed by atoms with Crippen LogP contribution in [-0.2, 0) is 6.42 Å². The van der Waals surface area contributed by atoms with E-state index < -0.39 is 0 Å². The fourth-order valence-corrected chi connectivity index (χ4v) is 3.03. The van der Waals surface area contributed by atoms with Crippen molar-refractivity contribution < 1.29 is 14.1 Å². The second-order valence-electron chi connectivity index (χ2n) is 7.38. The van der Waals surface area contributed by atoms with E-state index in [0.717, 1.165) is 43.9 Å². The number of rotatable bonds is 6. The van der Waals surface area contributed by atoms with Crippen molar-refractivity contribution in [3.63, 3.8) is 0 Å². The van der Waals surface area contributed by atoms with Gasteiger partial charge in [-0.1, -0.05) is 19.0 Å². The molecule has 26 heavy (non-hydrogen) atoms. The Hall–Kier alpha value is -2.34. The molecule has 1 aromatic heterocycles. The number of benzene rings is 1. The van der Waals surface area contributed by atoms with Gasteiger partial charge in [-0.15, -0.1) is 0 Å². The summed E-state index contributed by atoms with van der Waals surface area (Å²) < 4.78 is 11.2. The van der Waals surface area contributed by atoms with Crippen LogP contribution < -0.4 is 10.1 Å². The maximum absolute atomic E-state index is 12.3. The number of piperidine rings is 1. The van der Waals surface area contributed by atoms with Gasteiger partial charge in [0.05, 0.1) is 0 Å². The Bertz CT molecular complexity index is 716. The van der Waals surface area contributed by atoms with Crippen molar-refractivity contribution in [2.45, 2.75) is 39.2 Å². The lowest BCUT2D eigenvalue weighted by molar-refractivity contribution is 0.101. The van der Waals surface area contributed by atoms with Crippen LogP contribution in [0.2, 0.25) is 0 Å². The highest BCUT2D eigenvalue weighted by Crippen LogP contribution is 2.21. The van der Waals surface area contributed by atoms with Gasteiger partial charge >= 0.3 is 0 Å². The van der Waals surface area contributed by atoms with Crippen LogP contribution in [-0.4, -0.2) is 42.2 Å². The van der Waals surface area contributed by atoms with E-state index >= 15 is 0 Å². The molecule has 1 N–H and O–H groups in total. The Balaban J connectivity index is 1.53. The predicted octanol–water partition coefficient (Wildman–Crippen LogP) is 3.60. The molecular weight excluding hydrogens is 330 g/mol. The van der Waals surface area contributed by atoms with Gasteiger partial charge in [-0.05, 0) is 50.1 Å². The predicted molar refractivity (Wildman–Crippen MR) is 101 cm³/mol. The number of ether oxygens (including phenoxy) is 1. The first-order valence-electron chi connectivity index (χ1n) is 9.22. The average Bonchev–Trinajstić information content (AvgIpc) is 3.06. The number of anilines is 1. The maximum atomic E-state index is 12.3. The molecule has 1 aromatic carbocycles. The van der Waals surface area contributed by atoms with Crippen LogP contribution in [0, 0.1) is 5.92 Å². The molecule has 2 aromatic rings. The summed E-state index contributed by atoms with van der Waals surface area (Å²) in [5, 5.41) is 6.69. The van der Waals surface area contributed by atoms with Crippen LogP contribution in [0.25, 0.3) is 0 Å². The smallest absolute Gasteiger partial charge is 0.277 e. The highest BCUT2D eigenvalue weighted by atomic mass is 16.5. The van der Waals surface area contributed by atoms with Crippen LogP contribution in [0.15, 0.2) is 34.9 Å². The molecule has 1 aliphatic heterocycles. The van der Waals surface area contributed by atoms with Crippen LogP contribution in [0.5, 0.6) is 5.75 Å². The van der Waals surface area contributed by atoms with Gasteiger partial charge in [0, 0.05) is 31.3 Å². The van der Waals surface area contributed by atoms with Crippen molar-refractivity contribution in [3.8, 4) is 5.75 Å². The molecule has 1 fully saturated rings. The summed E-state index contributed by atoms with van der Waals surface area (Å²) in [6.07, 6.45) is 3.12. The lowest BCUT2D eigenvalue weighted by Crippen LogP contribution is -2.35. The summed E-state index contributed by atoms with van der Waals surface area (Å²) in [5.41, 5.74) is 1.01. The summed E-state index contributed by atoms with van der Waals surface area (Å²) in [5.74, 6) is 1.74. The largest absolute Gasteiger partial charge is 0.490 e. The molecule has 140 valence electrons. The van der Waals surface area contributed by atoms with Gasteiger partial charge in [0.25, 0.3) is 5.91 Å². The number of hydrogen-bond acceptors (Lipinski definition) is 5. The van der Waals surface area contributed by atoms with Gasteiger partial charge < -0.3 is 19.5 Å². The third kappa shape index (κ3) is 5.08. The van der Waals surface area contributed by atoms with E-state index in [-0.39, 0.29) is 12.0 Å². The molecule has 0 atom stereocenters. The van der Waals surface area contributed by atoms with E-state index in [1.165, 1.54) is 0 Å². The number of nitrogens with zero attached hydrogens (tertiary/aromatic N) is 2. The minimum Gasteiger partial charge on any atom is -0.490 e. The monoisotopic (exact) mass is 357 g/mol. The fourth-order valence-electron chi connectivity index (χ4n) is 3.03. The minimum absolute atomic E-state index is 0.265. The van der Waals surface area contributed by atoms with Crippen molar-refractivity contribution >= 4 is 11.6 Å². The Morgan fingerprint density at radius 2 is 2.00 bits per heavy atom. The van der Waals surface area contributed by atoms with Crippen LogP contribution >= 0.6 is 0 Å². The molecule has 3 rings (SSSR count). The summed E-state index contributed by atoms with van der Waals surface area (Å²) in [6, 6.07) is 9.17. The maximum Gasteiger partial charge on any atom is 0.277 e. The number of aromatic nitrogens is 1. The molecule has 0 aliphatic carbocycles. The fraction of sp³-hybridized carbons (Fsp3) is 0.500. The topological polar surface area (TPSA) is 67.6 Å². The van der Waals surface area contributed by atoms with E-state index in [1.807, 2.05) is 24.3 Å². The first kappa shape index (κ1) is 18.5. The third-order valence-electron chi connectivity index (χ3n) is 4.48. The molecule has 6 heteroatoms. The van der Waals surface area contributed by atoms with E-state index in [4.69, 9.17) is 9.26 Å². The van der Waals surface area contributed by atoms with E-state index in [0.29, 0.717) is 17.3 Å². The Kier molecular flexibility index (Phi) is 5.93. The number of hydrogen-bond donors (Lipinski definition) is 1. The lowest BCUT2D eigenvalue weighted by atomic mass is 10.1. The normalized spacial score (nSPS) is 16.0. The quantitative estimate of drug-likeness (QED) is 0.855. The second-order valence-corrected chi connectivity index (χ2v) is 7.38. The number of amides is 1. The summed E-state index contributed by atoms with van der Waals surface area (Å²) in [7, 11) is 2.13. The van der Waals surface area contributed by atoms with Crippen molar-refractivity contribution in [1.29, 1.82) is 0 Å². The van der Waals surface area contributed by atoms with Crippen LogP contribution in [0.3, 0.4) is 0 Å². The van der Waals surface area contributed by atoms with E-state index in [1.54, 1.807) is 6.07 Å². The Morgan fingerprint density at radius 3 is 2.65 bits per heavy atom. The highest BCUT2D eigenvalue weighted by Gasteiger charge is 2.18. The second kappa shape index (κ2) is 8.36. The van der Waals surface area contributed by atoms with Crippen molar-refractivity contribution in [2.75, 3.05) is 25.5 Å². The van der Waals surface area contributed by atoms with Crippen molar-refractivity contribution in [1.82, 2.24) is 10.1 Å². The first-order chi connectivity index (χ1) is 12.5. The highest BCUT2D eigenvalue weighted by molar-refractivity contribution is 6.02. The molecule has 1 saturated heterocycles. The summed E-state index contributed by atoms with van der Waals surface area (Å²) in [4.78, 5) is 14.6. The molecule has 0 bridgehead atoms.